The summed E-state index contributed by atoms with van der Waals surface area (Å²) in [4.78, 5) is 28.5. The SMILES string of the molecule is COc1cccc(C(NC(=O)c2ccc(=O)n(C)n2)c2nccn2C)c1. The zero-order chi connectivity index (χ0) is 18.7. The second kappa shape index (κ2) is 7.22. The molecule has 1 N–H and O–H groups in total. The fourth-order valence-corrected chi connectivity index (χ4v) is 2.60. The van der Waals surface area contributed by atoms with Gasteiger partial charge in [-0.2, -0.15) is 5.10 Å². The lowest BCUT2D eigenvalue weighted by molar-refractivity contribution is 0.0933. The Morgan fingerprint density at radius 3 is 2.69 bits per heavy atom. The summed E-state index contributed by atoms with van der Waals surface area (Å²) in [6.45, 7) is 0. The molecular weight excluding hydrogens is 334 g/mol. The van der Waals surface area contributed by atoms with Crippen LogP contribution in [-0.2, 0) is 14.1 Å². The Labute approximate surface area is 150 Å². The van der Waals surface area contributed by atoms with Crippen molar-refractivity contribution in [3.8, 4) is 5.75 Å². The quantitative estimate of drug-likeness (QED) is 0.740. The molecule has 0 spiro atoms. The van der Waals surface area contributed by atoms with Crippen LogP contribution in [0.3, 0.4) is 0 Å². The summed E-state index contributed by atoms with van der Waals surface area (Å²) < 4.78 is 8.23. The lowest BCUT2D eigenvalue weighted by Crippen LogP contribution is -2.33. The van der Waals surface area contributed by atoms with E-state index in [1.807, 2.05) is 35.9 Å². The van der Waals surface area contributed by atoms with E-state index in [1.165, 1.54) is 19.2 Å². The van der Waals surface area contributed by atoms with Crippen LogP contribution < -0.4 is 15.6 Å². The summed E-state index contributed by atoms with van der Waals surface area (Å²) in [7, 11) is 4.94. The first-order valence-electron chi connectivity index (χ1n) is 7.96. The molecule has 134 valence electrons. The molecule has 1 amide bonds. The molecule has 3 aromatic rings. The molecule has 0 aliphatic rings. The van der Waals surface area contributed by atoms with E-state index in [2.05, 4.69) is 15.4 Å². The fraction of sp³-hybridized carbons (Fsp3) is 0.222. The van der Waals surface area contributed by atoms with Crippen LogP contribution in [0.2, 0.25) is 0 Å². The van der Waals surface area contributed by atoms with E-state index in [0.29, 0.717) is 11.6 Å². The van der Waals surface area contributed by atoms with Gasteiger partial charge in [-0.05, 0) is 23.8 Å². The van der Waals surface area contributed by atoms with Crippen molar-refractivity contribution in [1.82, 2.24) is 24.6 Å². The number of hydrogen-bond donors (Lipinski definition) is 1. The highest BCUT2D eigenvalue weighted by Crippen LogP contribution is 2.24. The highest BCUT2D eigenvalue weighted by atomic mass is 16.5. The number of aryl methyl sites for hydroxylation is 2. The summed E-state index contributed by atoms with van der Waals surface area (Å²) in [5.41, 5.74) is 0.682. The van der Waals surface area contributed by atoms with Crippen molar-refractivity contribution in [2.45, 2.75) is 6.04 Å². The minimum Gasteiger partial charge on any atom is -0.497 e. The second-order valence-corrected chi connectivity index (χ2v) is 5.76. The zero-order valence-corrected chi connectivity index (χ0v) is 14.7. The van der Waals surface area contributed by atoms with Gasteiger partial charge in [0.15, 0.2) is 0 Å². The van der Waals surface area contributed by atoms with Crippen molar-refractivity contribution in [1.29, 1.82) is 0 Å². The van der Waals surface area contributed by atoms with Gasteiger partial charge in [0.25, 0.3) is 11.5 Å². The first-order chi connectivity index (χ1) is 12.5. The highest BCUT2D eigenvalue weighted by Gasteiger charge is 2.22. The van der Waals surface area contributed by atoms with E-state index < -0.39 is 11.9 Å². The molecule has 1 unspecified atom stereocenters. The van der Waals surface area contributed by atoms with E-state index in [0.717, 1.165) is 10.2 Å². The lowest BCUT2D eigenvalue weighted by Gasteiger charge is -2.19. The Hall–Kier alpha value is -3.42. The molecule has 0 bridgehead atoms. The topological polar surface area (TPSA) is 91.0 Å². The molecule has 1 aromatic carbocycles. The molecule has 0 aliphatic carbocycles. The van der Waals surface area contributed by atoms with E-state index in [1.54, 1.807) is 19.5 Å². The van der Waals surface area contributed by atoms with Crippen molar-refractivity contribution in [3.63, 3.8) is 0 Å². The number of aromatic nitrogens is 4. The number of nitrogens with zero attached hydrogens (tertiary/aromatic N) is 4. The van der Waals surface area contributed by atoms with Crippen molar-refractivity contribution in [2.75, 3.05) is 7.11 Å². The third-order valence-electron chi connectivity index (χ3n) is 4.01. The van der Waals surface area contributed by atoms with Crippen LogP contribution in [0.1, 0.15) is 27.9 Å². The van der Waals surface area contributed by atoms with Gasteiger partial charge in [-0.3, -0.25) is 9.59 Å². The average molecular weight is 353 g/mol. The van der Waals surface area contributed by atoms with E-state index in [-0.39, 0.29) is 11.3 Å². The first kappa shape index (κ1) is 17.4. The van der Waals surface area contributed by atoms with Gasteiger partial charge in [-0.15, -0.1) is 0 Å². The van der Waals surface area contributed by atoms with Crippen molar-refractivity contribution >= 4 is 5.91 Å². The maximum absolute atomic E-state index is 12.7. The standard InChI is InChI=1S/C18H19N5O3/c1-22-10-9-19-17(22)16(12-5-4-6-13(11-12)26-3)20-18(25)14-7-8-15(24)23(2)21-14/h4-11,16H,1-3H3,(H,20,25). The summed E-state index contributed by atoms with van der Waals surface area (Å²) in [6.07, 6.45) is 3.47. The Morgan fingerprint density at radius 2 is 2.04 bits per heavy atom. The summed E-state index contributed by atoms with van der Waals surface area (Å²) in [5, 5.41) is 6.93. The monoisotopic (exact) mass is 353 g/mol. The number of ether oxygens (including phenoxy) is 1. The van der Waals surface area contributed by atoms with Crippen LogP contribution >= 0.6 is 0 Å². The number of imidazole rings is 1. The number of carbonyl (C=O) groups is 1. The molecular formula is C18H19N5O3. The number of benzene rings is 1. The second-order valence-electron chi connectivity index (χ2n) is 5.76. The van der Waals surface area contributed by atoms with Crippen molar-refractivity contribution < 1.29 is 9.53 Å². The van der Waals surface area contributed by atoms with E-state index >= 15 is 0 Å². The Kier molecular flexibility index (Phi) is 4.83. The Bertz CT molecular complexity index is 992. The molecule has 8 nitrogen and oxygen atoms in total. The number of nitrogens with one attached hydrogen (secondary N) is 1. The van der Waals surface area contributed by atoms with Gasteiger partial charge in [-0.25, -0.2) is 9.67 Å². The number of carbonyl (C=O) groups excluding carboxylic acids is 1. The molecule has 2 aromatic heterocycles. The van der Waals surface area contributed by atoms with Gasteiger partial charge in [0.2, 0.25) is 0 Å². The molecule has 8 heteroatoms. The largest absolute Gasteiger partial charge is 0.497 e. The van der Waals surface area contributed by atoms with Crippen LogP contribution in [-0.4, -0.2) is 32.3 Å². The van der Waals surface area contributed by atoms with Gasteiger partial charge in [0.1, 0.15) is 23.3 Å². The Morgan fingerprint density at radius 1 is 1.23 bits per heavy atom. The molecule has 0 saturated heterocycles. The van der Waals surface area contributed by atoms with Gasteiger partial charge < -0.3 is 14.6 Å². The van der Waals surface area contributed by atoms with Crippen LogP contribution in [0.25, 0.3) is 0 Å². The minimum atomic E-state index is -0.503. The van der Waals surface area contributed by atoms with Gasteiger partial charge in [0, 0.05) is 32.6 Å². The molecule has 0 radical (unpaired) electrons. The average Bonchev–Trinajstić information content (AvgIpc) is 3.07. The molecule has 0 fully saturated rings. The predicted octanol–water partition coefficient (Wildman–Crippen LogP) is 1.04. The van der Waals surface area contributed by atoms with Gasteiger partial charge in [0.05, 0.1) is 7.11 Å². The fourth-order valence-electron chi connectivity index (χ4n) is 2.60. The van der Waals surface area contributed by atoms with Crippen molar-refractivity contribution in [3.05, 3.63) is 76.2 Å². The van der Waals surface area contributed by atoms with Crippen LogP contribution in [0.5, 0.6) is 5.75 Å². The maximum Gasteiger partial charge on any atom is 0.272 e. The maximum atomic E-state index is 12.7. The number of hydrogen-bond acceptors (Lipinski definition) is 5. The third-order valence-corrected chi connectivity index (χ3v) is 4.01. The van der Waals surface area contributed by atoms with Gasteiger partial charge >= 0.3 is 0 Å². The smallest absolute Gasteiger partial charge is 0.272 e. The number of rotatable bonds is 5. The first-order valence-corrected chi connectivity index (χ1v) is 7.96. The molecule has 0 saturated carbocycles. The van der Waals surface area contributed by atoms with Crippen LogP contribution in [0.4, 0.5) is 0 Å². The highest BCUT2D eigenvalue weighted by molar-refractivity contribution is 5.92. The lowest BCUT2D eigenvalue weighted by atomic mass is 10.1. The third kappa shape index (κ3) is 3.49. The van der Waals surface area contributed by atoms with Crippen molar-refractivity contribution in [2.24, 2.45) is 14.1 Å². The zero-order valence-electron chi connectivity index (χ0n) is 14.7. The van der Waals surface area contributed by atoms with Crippen LogP contribution in [0, 0.1) is 0 Å². The van der Waals surface area contributed by atoms with E-state index in [4.69, 9.17) is 4.74 Å². The molecule has 0 aliphatic heterocycles. The van der Waals surface area contributed by atoms with E-state index in [9.17, 15) is 9.59 Å². The summed E-state index contributed by atoms with van der Waals surface area (Å²) in [5.74, 6) is 0.934. The van der Waals surface area contributed by atoms with Crippen LogP contribution in [0.15, 0.2) is 53.6 Å². The molecule has 2 heterocycles. The van der Waals surface area contributed by atoms with Gasteiger partial charge in [-0.1, -0.05) is 12.1 Å². The molecule has 26 heavy (non-hydrogen) atoms. The molecule has 1 atom stereocenters. The summed E-state index contributed by atoms with van der Waals surface area (Å²) >= 11 is 0. The molecule has 3 rings (SSSR count). The Balaban J connectivity index is 1.98. The number of methoxy groups -OCH3 is 1. The normalized spacial score (nSPS) is 11.8. The summed E-state index contributed by atoms with van der Waals surface area (Å²) in [6, 6.07) is 9.61. The predicted molar refractivity (Wildman–Crippen MR) is 95.0 cm³/mol. The number of amides is 1. The minimum absolute atomic E-state index is 0.147.